The molecule has 0 spiro atoms. The van der Waals surface area contributed by atoms with Gasteiger partial charge in [-0.15, -0.1) is 0 Å². The van der Waals surface area contributed by atoms with Gasteiger partial charge in [0.2, 0.25) is 5.91 Å². The molecule has 1 amide bonds. The lowest BCUT2D eigenvalue weighted by molar-refractivity contribution is -0.364. The van der Waals surface area contributed by atoms with Crippen LogP contribution in [0.2, 0.25) is 0 Å². The van der Waals surface area contributed by atoms with Crippen molar-refractivity contribution in [1.82, 2.24) is 14.9 Å². The van der Waals surface area contributed by atoms with Crippen molar-refractivity contribution in [2.75, 3.05) is 36.8 Å². The van der Waals surface area contributed by atoms with E-state index >= 15 is 0 Å². The number of nitrogens with zero attached hydrogens (tertiary/aromatic N) is 4. The van der Waals surface area contributed by atoms with Crippen molar-refractivity contribution in [2.24, 2.45) is 0 Å². The highest BCUT2D eigenvalue weighted by Crippen LogP contribution is 2.22. The van der Waals surface area contributed by atoms with E-state index in [1.807, 2.05) is 66.6 Å². The lowest BCUT2D eigenvalue weighted by Crippen LogP contribution is -2.50. The second-order valence-corrected chi connectivity index (χ2v) is 7.89. The number of piperazine rings is 1. The van der Waals surface area contributed by atoms with Gasteiger partial charge in [0.05, 0.1) is 30.7 Å². The quantitative estimate of drug-likeness (QED) is 0.482. The molecule has 1 fully saturated rings. The zero-order valence-corrected chi connectivity index (χ0v) is 17.2. The standard InChI is InChI=1S/C22H23N5OS/c1-17-15-19(18-7-3-2-4-8-18)25-22(24-17)29-16-21(28)27-13-11-26(12-14-27)20-9-5-6-10-23-20/h2-10,15H,11-14,16H2,1H3/p+1. The number of rotatable bonds is 5. The Morgan fingerprint density at radius 2 is 1.79 bits per heavy atom. The van der Waals surface area contributed by atoms with Crippen LogP contribution in [-0.2, 0) is 4.79 Å². The van der Waals surface area contributed by atoms with Gasteiger partial charge in [-0.1, -0.05) is 48.2 Å². The third-order valence-electron chi connectivity index (χ3n) is 4.89. The van der Waals surface area contributed by atoms with Gasteiger partial charge in [-0.2, -0.15) is 0 Å². The Kier molecular flexibility index (Phi) is 6.05. The van der Waals surface area contributed by atoms with Crippen LogP contribution in [0.5, 0.6) is 0 Å². The van der Waals surface area contributed by atoms with E-state index in [1.54, 1.807) is 0 Å². The molecule has 2 aromatic heterocycles. The lowest BCUT2D eigenvalue weighted by atomic mass is 10.1. The predicted molar refractivity (Wildman–Crippen MR) is 115 cm³/mol. The van der Waals surface area contributed by atoms with Crippen LogP contribution in [0.3, 0.4) is 0 Å². The maximum absolute atomic E-state index is 12.7. The molecule has 0 saturated carbocycles. The summed E-state index contributed by atoms with van der Waals surface area (Å²) in [7, 11) is 0. The van der Waals surface area contributed by atoms with E-state index in [0.29, 0.717) is 10.9 Å². The van der Waals surface area contributed by atoms with E-state index in [2.05, 4.69) is 25.9 Å². The van der Waals surface area contributed by atoms with Gasteiger partial charge in [-0.3, -0.25) is 9.69 Å². The van der Waals surface area contributed by atoms with Gasteiger partial charge in [0.15, 0.2) is 5.16 Å². The van der Waals surface area contributed by atoms with Crippen LogP contribution in [0.1, 0.15) is 5.69 Å². The molecule has 1 saturated heterocycles. The number of amides is 1. The van der Waals surface area contributed by atoms with Gasteiger partial charge in [0, 0.05) is 17.3 Å². The molecule has 1 aliphatic heterocycles. The highest BCUT2D eigenvalue weighted by molar-refractivity contribution is 7.99. The van der Waals surface area contributed by atoms with Crippen molar-refractivity contribution in [1.29, 1.82) is 0 Å². The summed E-state index contributed by atoms with van der Waals surface area (Å²) >= 11 is 1.41. The number of nitrogens with one attached hydrogen (secondary N) is 1. The normalized spacial score (nSPS) is 14.1. The topological polar surface area (TPSA) is 63.5 Å². The van der Waals surface area contributed by atoms with Crippen molar-refractivity contribution in [3.63, 3.8) is 0 Å². The number of anilines is 1. The number of aromatic nitrogens is 3. The molecule has 7 heteroatoms. The van der Waals surface area contributed by atoms with E-state index in [1.165, 1.54) is 11.8 Å². The van der Waals surface area contributed by atoms with Crippen molar-refractivity contribution >= 4 is 23.5 Å². The van der Waals surface area contributed by atoms with Gasteiger partial charge >= 0.3 is 0 Å². The van der Waals surface area contributed by atoms with Crippen LogP contribution in [0.4, 0.5) is 5.82 Å². The summed E-state index contributed by atoms with van der Waals surface area (Å²) in [6, 6.07) is 18.1. The average molecular weight is 407 g/mol. The fourth-order valence-electron chi connectivity index (χ4n) is 3.36. The van der Waals surface area contributed by atoms with Crippen molar-refractivity contribution in [3.8, 4) is 11.3 Å². The Labute approximate surface area is 175 Å². The Morgan fingerprint density at radius 1 is 1.03 bits per heavy atom. The summed E-state index contributed by atoms with van der Waals surface area (Å²) in [5.74, 6) is 1.59. The van der Waals surface area contributed by atoms with Crippen molar-refractivity contribution in [3.05, 3.63) is 66.5 Å². The number of carbonyl (C=O) groups excluding carboxylic acids is 1. The number of aromatic amines is 1. The van der Waals surface area contributed by atoms with Crippen LogP contribution in [0.15, 0.2) is 66.0 Å². The number of hydrogen-bond acceptors (Lipinski definition) is 5. The minimum Gasteiger partial charge on any atom is -0.334 e. The van der Waals surface area contributed by atoms with Crippen LogP contribution in [0, 0.1) is 6.92 Å². The molecular formula is C22H24N5OS+. The molecule has 1 aromatic carbocycles. The third-order valence-corrected chi connectivity index (χ3v) is 5.73. The van der Waals surface area contributed by atoms with Gasteiger partial charge in [-0.25, -0.2) is 15.0 Å². The first-order chi connectivity index (χ1) is 14.2. The maximum atomic E-state index is 12.7. The summed E-state index contributed by atoms with van der Waals surface area (Å²) in [6.45, 7) is 5.07. The molecule has 0 aliphatic carbocycles. The summed E-state index contributed by atoms with van der Waals surface area (Å²) in [6.07, 6.45) is 1.93. The van der Waals surface area contributed by atoms with E-state index in [0.717, 1.165) is 48.9 Å². The zero-order chi connectivity index (χ0) is 20.1. The van der Waals surface area contributed by atoms with Gasteiger partial charge in [-0.05, 0) is 19.1 Å². The molecule has 148 valence electrons. The van der Waals surface area contributed by atoms with Crippen molar-refractivity contribution < 1.29 is 9.78 Å². The first kappa shape index (κ1) is 19.4. The number of aryl methyl sites for hydroxylation is 1. The largest absolute Gasteiger partial charge is 0.334 e. The molecule has 0 unspecified atom stereocenters. The minimum absolute atomic E-state index is 0.137. The minimum atomic E-state index is 0.137. The number of thioether (sulfide) groups is 1. The highest BCUT2D eigenvalue weighted by Gasteiger charge is 2.26. The second kappa shape index (κ2) is 9.05. The van der Waals surface area contributed by atoms with Gasteiger partial charge in [0.1, 0.15) is 13.1 Å². The molecule has 3 aromatic rings. The molecule has 6 nitrogen and oxygen atoms in total. The average Bonchev–Trinajstić information content (AvgIpc) is 2.78. The number of H-pyrrole nitrogens is 1. The fourth-order valence-corrected chi connectivity index (χ4v) is 4.16. The van der Waals surface area contributed by atoms with E-state index in [-0.39, 0.29) is 5.91 Å². The molecule has 29 heavy (non-hydrogen) atoms. The molecule has 1 N–H and O–H groups in total. The predicted octanol–water partition coefficient (Wildman–Crippen LogP) is 2.71. The zero-order valence-electron chi connectivity index (χ0n) is 16.4. The van der Waals surface area contributed by atoms with E-state index in [9.17, 15) is 4.79 Å². The van der Waals surface area contributed by atoms with Crippen LogP contribution in [0.25, 0.3) is 11.3 Å². The first-order valence-electron chi connectivity index (χ1n) is 9.72. The van der Waals surface area contributed by atoms with Gasteiger partial charge < -0.3 is 4.90 Å². The Hall–Kier alpha value is -2.93. The number of benzene rings is 1. The number of hydrogen-bond donors (Lipinski definition) is 0. The summed E-state index contributed by atoms with van der Waals surface area (Å²) < 4.78 is 0. The number of carbonyl (C=O) groups is 1. The number of pyridine rings is 1. The smallest absolute Gasteiger partial charge is 0.274 e. The van der Waals surface area contributed by atoms with Crippen LogP contribution >= 0.6 is 11.8 Å². The van der Waals surface area contributed by atoms with Crippen LogP contribution < -0.4 is 9.88 Å². The van der Waals surface area contributed by atoms with Gasteiger partial charge in [0.25, 0.3) is 5.82 Å². The Bertz CT molecular complexity index is 959. The Balaban J connectivity index is 1.34. The molecule has 4 rings (SSSR count). The summed E-state index contributed by atoms with van der Waals surface area (Å²) in [5.41, 5.74) is 2.85. The molecule has 1 aliphatic rings. The molecule has 0 radical (unpaired) electrons. The molecule has 3 heterocycles. The summed E-state index contributed by atoms with van der Waals surface area (Å²) in [5, 5.41) is 0.648. The third kappa shape index (κ3) is 4.92. The first-order valence-corrected chi connectivity index (χ1v) is 10.7. The summed E-state index contributed by atoms with van der Waals surface area (Å²) in [4.78, 5) is 29.3. The Morgan fingerprint density at radius 3 is 2.52 bits per heavy atom. The highest BCUT2D eigenvalue weighted by atomic mass is 32.2. The molecule has 0 atom stereocenters. The maximum Gasteiger partial charge on any atom is 0.274 e. The monoisotopic (exact) mass is 406 g/mol. The second-order valence-electron chi connectivity index (χ2n) is 6.95. The fraction of sp³-hybridized carbons (Fsp3) is 0.273. The lowest BCUT2D eigenvalue weighted by Gasteiger charge is -2.30. The van der Waals surface area contributed by atoms with E-state index < -0.39 is 0 Å². The van der Waals surface area contributed by atoms with Crippen LogP contribution in [-0.4, -0.2) is 52.7 Å². The van der Waals surface area contributed by atoms with Crippen molar-refractivity contribution in [2.45, 2.75) is 12.1 Å². The molecule has 0 bridgehead atoms. The SMILES string of the molecule is Cc1cc(-c2ccccc2)nc(SCC(=O)N2CCN(c3cccc[nH+]3)CC2)n1. The van der Waals surface area contributed by atoms with E-state index in [4.69, 9.17) is 0 Å². The molecular weight excluding hydrogens is 382 g/mol.